The molecule has 3 nitrogen and oxygen atoms in total. The Kier molecular flexibility index (Phi) is 6.55. The van der Waals surface area contributed by atoms with Gasteiger partial charge in [-0.2, -0.15) is 0 Å². The van der Waals surface area contributed by atoms with E-state index in [-0.39, 0.29) is 0 Å². The molecule has 53 heavy (non-hydrogen) atoms. The minimum absolute atomic E-state index is 0.870. The maximum atomic E-state index is 6.79. The molecular formula is C50H32N2O. The summed E-state index contributed by atoms with van der Waals surface area (Å²) in [7, 11) is 0. The lowest BCUT2D eigenvalue weighted by Gasteiger charge is -2.26. The molecule has 2 aromatic heterocycles. The van der Waals surface area contributed by atoms with Crippen LogP contribution in [0.2, 0.25) is 0 Å². The standard InChI is InChI=1S/C50H32N2O/c1-3-15-39-33(12-1)14-11-20-40(39)34-24-26-36(27-25-34)51(47-32-35-13-2-4-16-41(35)49-44-19-7-10-23-48(44)53-50(47)49)37-28-30-38(31-29-37)52-45-21-8-5-17-42(45)43-18-6-9-22-46(43)52/h1-32H. The first kappa shape index (κ1) is 29.6. The number of fused-ring (bicyclic) bond motifs is 9. The van der Waals surface area contributed by atoms with Crippen molar-refractivity contribution in [1.82, 2.24) is 4.57 Å². The van der Waals surface area contributed by atoms with Crippen molar-refractivity contribution in [2.75, 3.05) is 4.90 Å². The van der Waals surface area contributed by atoms with E-state index < -0.39 is 0 Å². The first-order chi connectivity index (χ1) is 26.3. The Morgan fingerprint density at radius 1 is 0.415 bits per heavy atom. The second-order valence-electron chi connectivity index (χ2n) is 13.7. The minimum Gasteiger partial charge on any atom is -0.454 e. The van der Waals surface area contributed by atoms with Crippen LogP contribution in [0.15, 0.2) is 199 Å². The Morgan fingerprint density at radius 2 is 0.962 bits per heavy atom. The van der Waals surface area contributed by atoms with Gasteiger partial charge in [0, 0.05) is 38.6 Å². The Labute approximate surface area is 306 Å². The number of hydrogen-bond donors (Lipinski definition) is 0. The van der Waals surface area contributed by atoms with Crippen molar-refractivity contribution in [3.05, 3.63) is 194 Å². The summed E-state index contributed by atoms with van der Waals surface area (Å²) in [5.74, 6) is 0. The van der Waals surface area contributed by atoms with Crippen molar-refractivity contribution in [1.29, 1.82) is 0 Å². The monoisotopic (exact) mass is 676 g/mol. The van der Waals surface area contributed by atoms with Gasteiger partial charge in [0.1, 0.15) is 5.58 Å². The summed E-state index contributed by atoms with van der Waals surface area (Å²) in [5.41, 5.74) is 10.8. The first-order valence-electron chi connectivity index (χ1n) is 18.1. The molecule has 0 saturated carbocycles. The van der Waals surface area contributed by atoms with E-state index in [1.54, 1.807) is 0 Å². The number of rotatable bonds is 5. The zero-order valence-corrected chi connectivity index (χ0v) is 28.8. The van der Waals surface area contributed by atoms with Crippen LogP contribution in [0.5, 0.6) is 0 Å². The highest BCUT2D eigenvalue weighted by molar-refractivity contribution is 6.23. The van der Waals surface area contributed by atoms with Gasteiger partial charge in [-0.1, -0.05) is 133 Å². The lowest BCUT2D eigenvalue weighted by Crippen LogP contribution is -2.10. The molecule has 9 aromatic carbocycles. The normalized spacial score (nSPS) is 11.8. The molecule has 0 aliphatic rings. The van der Waals surface area contributed by atoms with Crippen molar-refractivity contribution >= 4 is 82.4 Å². The molecule has 248 valence electrons. The lowest BCUT2D eigenvalue weighted by molar-refractivity contribution is 0.669. The summed E-state index contributed by atoms with van der Waals surface area (Å²) in [4.78, 5) is 2.35. The van der Waals surface area contributed by atoms with Crippen LogP contribution in [0.1, 0.15) is 0 Å². The van der Waals surface area contributed by atoms with E-state index in [9.17, 15) is 0 Å². The van der Waals surface area contributed by atoms with Gasteiger partial charge < -0.3 is 13.9 Å². The minimum atomic E-state index is 0.870. The number of anilines is 3. The van der Waals surface area contributed by atoms with E-state index in [2.05, 4.69) is 198 Å². The fourth-order valence-corrected chi connectivity index (χ4v) is 8.37. The molecule has 3 heteroatoms. The third-order valence-corrected chi connectivity index (χ3v) is 10.8. The molecule has 0 bridgehead atoms. The number of aromatic nitrogens is 1. The Hall–Kier alpha value is -7.10. The van der Waals surface area contributed by atoms with Gasteiger partial charge in [0.15, 0.2) is 5.58 Å². The van der Waals surface area contributed by atoms with Crippen LogP contribution in [0.4, 0.5) is 17.1 Å². The van der Waals surface area contributed by atoms with Gasteiger partial charge in [-0.3, -0.25) is 0 Å². The van der Waals surface area contributed by atoms with E-state index in [0.29, 0.717) is 0 Å². The predicted molar refractivity (Wildman–Crippen MR) is 223 cm³/mol. The zero-order chi connectivity index (χ0) is 34.9. The predicted octanol–water partition coefficient (Wildman–Crippen LogP) is 14.1. The summed E-state index contributed by atoms with van der Waals surface area (Å²) in [5, 5.41) is 9.60. The maximum Gasteiger partial charge on any atom is 0.160 e. The summed E-state index contributed by atoms with van der Waals surface area (Å²) in [6.45, 7) is 0. The maximum absolute atomic E-state index is 6.79. The van der Waals surface area contributed by atoms with Crippen LogP contribution in [0, 0.1) is 0 Å². The van der Waals surface area contributed by atoms with Gasteiger partial charge in [-0.15, -0.1) is 0 Å². The SMILES string of the molecule is c1ccc2c(-c3ccc(N(c4ccc(-n5c6ccccc6c6ccccc65)cc4)c4cc5ccccc5c5c4oc4ccccc45)cc3)cccc2c1. The van der Waals surface area contributed by atoms with Crippen molar-refractivity contribution < 1.29 is 4.42 Å². The third kappa shape index (κ3) is 4.61. The summed E-state index contributed by atoms with van der Waals surface area (Å²) in [6.07, 6.45) is 0. The second-order valence-corrected chi connectivity index (χ2v) is 13.7. The third-order valence-electron chi connectivity index (χ3n) is 10.8. The molecule has 0 unspecified atom stereocenters. The quantitative estimate of drug-likeness (QED) is 0.181. The van der Waals surface area contributed by atoms with Crippen LogP contribution >= 0.6 is 0 Å². The van der Waals surface area contributed by atoms with Gasteiger partial charge >= 0.3 is 0 Å². The molecule has 0 spiro atoms. The largest absolute Gasteiger partial charge is 0.454 e. The number of nitrogens with zero attached hydrogens (tertiary/aromatic N) is 2. The Balaban J connectivity index is 1.13. The lowest BCUT2D eigenvalue weighted by atomic mass is 9.98. The molecule has 0 atom stereocenters. The average Bonchev–Trinajstić information content (AvgIpc) is 3.78. The van der Waals surface area contributed by atoms with Gasteiger partial charge in [0.05, 0.1) is 16.7 Å². The molecule has 0 saturated heterocycles. The smallest absolute Gasteiger partial charge is 0.160 e. The van der Waals surface area contributed by atoms with Gasteiger partial charge in [-0.05, 0) is 93.3 Å². The van der Waals surface area contributed by atoms with Crippen LogP contribution in [0.3, 0.4) is 0 Å². The van der Waals surface area contributed by atoms with Gasteiger partial charge in [0.25, 0.3) is 0 Å². The highest BCUT2D eigenvalue weighted by Crippen LogP contribution is 2.46. The Morgan fingerprint density at radius 3 is 1.68 bits per heavy atom. The van der Waals surface area contributed by atoms with Crippen LogP contribution in [-0.4, -0.2) is 4.57 Å². The number of furan rings is 1. The summed E-state index contributed by atoms with van der Waals surface area (Å²) >= 11 is 0. The second kappa shape index (κ2) is 11.7. The molecule has 11 aromatic rings. The summed E-state index contributed by atoms with van der Waals surface area (Å²) < 4.78 is 9.16. The van der Waals surface area contributed by atoms with Crippen molar-refractivity contribution in [3.63, 3.8) is 0 Å². The van der Waals surface area contributed by atoms with Gasteiger partial charge in [0.2, 0.25) is 0 Å². The topological polar surface area (TPSA) is 21.3 Å². The molecule has 0 amide bonds. The van der Waals surface area contributed by atoms with Gasteiger partial charge in [-0.25, -0.2) is 0 Å². The first-order valence-corrected chi connectivity index (χ1v) is 18.1. The number of hydrogen-bond acceptors (Lipinski definition) is 2. The zero-order valence-electron chi connectivity index (χ0n) is 28.8. The van der Waals surface area contributed by atoms with E-state index in [4.69, 9.17) is 4.42 Å². The molecule has 0 fully saturated rings. The van der Waals surface area contributed by atoms with E-state index in [1.165, 1.54) is 54.5 Å². The highest BCUT2D eigenvalue weighted by Gasteiger charge is 2.22. The molecule has 0 aliphatic carbocycles. The number of para-hydroxylation sites is 3. The van der Waals surface area contributed by atoms with Crippen molar-refractivity contribution in [3.8, 4) is 16.8 Å². The molecule has 0 radical (unpaired) electrons. The molecule has 11 rings (SSSR count). The van der Waals surface area contributed by atoms with E-state index in [1.807, 2.05) is 6.07 Å². The van der Waals surface area contributed by atoms with Crippen LogP contribution in [-0.2, 0) is 0 Å². The molecular weight excluding hydrogens is 645 g/mol. The number of benzene rings is 9. The van der Waals surface area contributed by atoms with E-state index in [0.717, 1.165) is 44.7 Å². The highest BCUT2D eigenvalue weighted by atomic mass is 16.3. The average molecular weight is 677 g/mol. The van der Waals surface area contributed by atoms with E-state index >= 15 is 0 Å². The van der Waals surface area contributed by atoms with Crippen molar-refractivity contribution in [2.45, 2.75) is 0 Å². The van der Waals surface area contributed by atoms with Crippen LogP contribution in [0.25, 0.3) is 82.1 Å². The molecule has 0 N–H and O–H groups in total. The van der Waals surface area contributed by atoms with Crippen molar-refractivity contribution in [2.24, 2.45) is 0 Å². The molecule has 2 heterocycles. The summed E-state index contributed by atoms with van der Waals surface area (Å²) in [6, 6.07) is 69.6. The Bertz CT molecular complexity index is 3110. The fourth-order valence-electron chi connectivity index (χ4n) is 8.37. The molecule has 0 aliphatic heterocycles. The fraction of sp³-hybridized carbons (Fsp3) is 0. The van der Waals surface area contributed by atoms with Crippen LogP contribution < -0.4 is 4.90 Å².